The second-order valence-corrected chi connectivity index (χ2v) is 5.07. The molecular formula is C13H27NO4. The van der Waals surface area contributed by atoms with Gasteiger partial charge < -0.3 is 19.9 Å². The van der Waals surface area contributed by atoms with Crippen LogP contribution in [0, 0.1) is 0 Å². The second kappa shape index (κ2) is 9.30. The average Bonchev–Trinajstić information content (AvgIpc) is 2.24. The summed E-state index contributed by atoms with van der Waals surface area (Å²) in [5, 5.41) is 0. The molecule has 0 aromatic rings. The van der Waals surface area contributed by atoms with E-state index in [2.05, 4.69) is 0 Å². The molecule has 0 saturated heterocycles. The lowest BCUT2D eigenvalue weighted by molar-refractivity contribution is -0.155. The van der Waals surface area contributed by atoms with Crippen molar-refractivity contribution in [3.05, 3.63) is 0 Å². The van der Waals surface area contributed by atoms with E-state index in [1.807, 2.05) is 27.7 Å². The van der Waals surface area contributed by atoms with Gasteiger partial charge in [-0.15, -0.1) is 0 Å². The summed E-state index contributed by atoms with van der Waals surface area (Å²) in [6, 6.07) is 0. The largest absolute Gasteiger partial charge is 0.460 e. The third-order valence-electron chi connectivity index (χ3n) is 2.06. The third kappa shape index (κ3) is 10.5. The molecule has 2 N–H and O–H groups in total. The number of rotatable bonds is 9. The fourth-order valence-electron chi connectivity index (χ4n) is 1.42. The number of carbonyl (C=O) groups excluding carboxylic acids is 1. The highest BCUT2D eigenvalue weighted by Crippen LogP contribution is 2.11. The van der Waals surface area contributed by atoms with Gasteiger partial charge in [-0.05, 0) is 34.1 Å². The van der Waals surface area contributed by atoms with Crippen LogP contribution < -0.4 is 5.73 Å². The Morgan fingerprint density at radius 1 is 1.33 bits per heavy atom. The normalized spacial score (nSPS) is 13.4. The molecule has 0 rings (SSSR count). The lowest BCUT2D eigenvalue weighted by Gasteiger charge is -2.21. The molecule has 1 unspecified atom stereocenters. The van der Waals surface area contributed by atoms with Crippen LogP contribution in [0.4, 0.5) is 0 Å². The zero-order chi connectivity index (χ0) is 14.0. The van der Waals surface area contributed by atoms with Crippen LogP contribution in [0.25, 0.3) is 0 Å². The Hall–Kier alpha value is -0.650. The number of carbonyl (C=O) groups is 1. The summed E-state index contributed by atoms with van der Waals surface area (Å²) in [7, 11) is 0. The topological polar surface area (TPSA) is 70.8 Å². The Labute approximate surface area is 110 Å². The van der Waals surface area contributed by atoms with E-state index in [1.54, 1.807) is 0 Å². The molecule has 0 aliphatic carbocycles. The minimum absolute atomic E-state index is 0.0749. The van der Waals surface area contributed by atoms with Gasteiger partial charge in [0.05, 0.1) is 19.3 Å². The second-order valence-electron chi connectivity index (χ2n) is 5.07. The first-order valence-electron chi connectivity index (χ1n) is 6.50. The van der Waals surface area contributed by atoms with Gasteiger partial charge in [0.25, 0.3) is 0 Å². The Kier molecular flexibility index (Phi) is 8.97. The van der Waals surface area contributed by atoms with Crippen molar-refractivity contribution in [3.63, 3.8) is 0 Å². The van der Waals surface area contributed by atoms with Crippen molar-refractivity contribution in [2.24, 2.45) is 5.73 Å². The molecule has 0 radical (unpaired) electrons. The van der Waals surface area contributed by atoms with E-state index < -0.39 is 5.60 Å². The monoisotopic (exact) mass is 261 g/mol. The Balaban J connectivity index is 3.90. The number of esters is 1. The van der Waals surface area contributed by atoms with Gasteiger partial charge in [-0.25, -0.2) is 0 Å². The van der Waals surface area contributed by atoms with Crippen molar-refractivity contribution >= 4 is 5.97 Å². The number of hydrogen-bond donors (Lipinski definition) is 1. The van der Waals surface area contributed by atoms with E-state index in [-0.39, 0.29) is 12.1 Å². The van der Waals surface area contributed by atoms with Gasteiger partial charge in [-0.2, -0.15) is 0 Å². The fraction of sp³-hybridized carbons (Fsp3) is 0.923. The Bertz CT molecular complexity index is 226. The average molecular weight is 261 g/mol. The van der Waals surface area contributed by atoms with Crippen LogP contribution in [-0.4, -0.2) is 44.0 Å². The molecule has 0 amide bonds. The first-order valence-corrected chi connectivity index (χ1v) is 6.50. The van der Waals surface area contributed by atoms with Crippen molar-refractivity contribution in [1.29, 1.82) is 0 Å². The van der Waals surface area contributed by atoms with E-state index in [0.717, 1.165) is 0 Å². The van der Waals surface area contributed by atoms with Crippen molar-refractivity contribution in [3.8, 4) is 0 Å². The summed E-state index contributed by atoms with van der Waals surface area (Å²) in [4.78, 5) is 11.6. The molecule has 0 spiro atoms. The molecule has 5 heteroatoms. The van der Waals surface area contributed by atoms with E-state index in [4.69, 9.17) is 19.9 Å². The summed E-state index contributed by atoms with van der Waals surface area (Å²) in [6.45, 7) is 9.56. The number of ether oxygens (including phenoxy) is 3. The van der Waals surface area contributed by atoms with Gasteiger partial charge in [-0.1, -0.05) is 0 Å². The van der Waals surface area contributed by atoms with Gasteiger partial charge in [0.2, 0.25) is 0 Å². The first-order chi connectivity index (χ1) is 8.39. The molecule has 18 heavy (non-hydrogen) atoms. The maximum absolute atomic E-state index is 11.6. The molecule has 0 aliphatic heterocycles. The molecule has 0 fully saturated rings. The molecule has 0 aliphatic rings. The van der Waals surface area contributed by atoms with Crippen LogP contribution in [0.3, 0.4) is 0 Å². The molecule has 1 atom stereocenters. The maximum Gasteiger partial charge on any atom is 0.306 e. The van der Waals surface area contributed by atoms with Crippen LogP contribution >= 0.6 is 0 Å². The number of hydrogen-bond acceptors (Lipinski definition) is 5. The molecule has 0 aromatic carbocycles. The lowest BCUT2D eigenvalue weighted by atomic mass is 10.1. The van der Waals surface area contributed by atoms with Crippen molar-refractivity contribution in [2.75, 3.05) is 26.4 Å². The van der Waals surface area contributed by atoms with Crippen LogP contribution in [0.5, 0.6) is 0 Å². The van der Waals surface area contributed by atoms with E-state index in [0.29, 0.717) is 39.2 Å². The smallest absolute Gasteiger partial charge is 0.306 e. The van der Waals surface area contributed by atoms with Gasteiger partial charge in [0, 0.05) is 19.6 Å². The van der Waals surface area contributed by atoms with E-state index in [9.17, 15) is 4.79 Å². The highest BCUT2D eigenvalue weighted by Gasteiger charge is 2.18. The van der Waals surface area contributed by atoms with Crippen LogP contribution in [0.1, 0.15) is 40.5 Å². The van der Waals surface area contributed by atoms with Crippen molar-refractivity contribution < 1.29 is 19.0 Å². The van der Waals surface area contributed by atoms with Crippen LogP contribution in [0.15, 0.2) is 0 Å². The standard InChI is InChI=1S/C13H27NO4/c1-5-17-11(10-16-9-8-14)6-7-12(15)18-13(2,3)4/h11H,5-10,14H2,1-4H3. The zero-order valence-electron chi connectivity index (χ0n) is 12.0. The SMILES string of the molecule is CCOC(CCC(=O)OC(C)(C)C)COCCN. The molecule has 0 saturated carbocycles. The highest BCUT2D eigenvalue weighted by molar-refractivity contribution is 5.69. The highest BCUT2D eigenvalue weighted by atomic mass is 16.6. The minimum atomic E-state index is -0.436. The molecule has 108 valence electrons. The third-order valence-corrected chi connectivity index (χ3v) is 2.06. The summed E-state index contributed by atoms with van der Waals surface area (Å²) < 4.78 is 16.1. The maximum atomic E-state index is 11.6. The first kappa shape index (κ1) is 17.4. The van der Waals surface area contributed by atoms with Gasteiger partial charge in [0.15, 0.2) is 0 Å². The minimum Gasteiger partial charge on any atom is -0.460 e. The molecule has 0 bridgehead atoms. The predicted molar refractivity (Wildman–Crippen MR) is 70.4 cm³/mol. The van der Waals surface area contributed by atoms with Crippen LogP contribution in [-0.2, 0) is 19.0 Å². The van der Waals surface area contributed by atoms with Gasteiger partial charge >= 0.3 is 5.97 Å². The van der Waals surface area contributed by atoms with E-state index >= 15 is 0 Å². The predicted octanol–water partition coefficient (Wildman–Crippen LogP) is 1.49. The van der Waals surface area contributed by atoms with E-state index in [1.165, 1.54) is 0 Å². The summed E-state index contributed by atoms with van der Waals surface area (Å²) in [5.74, 6) is -0.203. The molecule has 5 nitrogen and oxygen atoms in total. The van der Waals surface area contributed by atoms with Gasteiger partial charge in [0.1, 0.15) is 5.60 Å². The Morgan fingerprint density at radius 2 is 2.00 bits per heavy atom. The van der Waals surface area contributed by atoms with Crippen LogP contribution in [0.2, 0.25) is 0 Å². The molecule has 0 heterocycles. The van der Waals surface area contributed by atoms with Gasteiger partial charge in [-0.3, -0.25) is 4.79 Å². The Morgan fingerprint density at radius 3 is 2.50 bits per heavy atom. The fourth-order valence-corrected chi connectivity index (χ4v) is 1.42. The van der Waals surface area contributed by atoms with Crippen molar-refractivity contribution in [1.82, 2.24) is 0 Å². The summed E-state index contributed by atoms with van der Waals surface area (Å²) in [6.07, 6.45) is 0.871. The summed E-state index contributed by atoms with van der Waals surface area (Å²) >= 11 is 0. The quantitative estimate of drug-likeness (QED) is 0.503. The lowest BCUT2D eigenvalue weighted by Crippen LogP contribution is -2.27. The zero-order valence-corrected chi connectivity index (χ0v) is 12.0. The van der Waals surface area contributed by atoms with Crippen molar-refractivity contribution in [2.45, 2.75) is 52.2 Å². The molecule has 0 aromatic heterocycles. The summed E-state index contributed by atoms with van der Waals surface area (Å²) in [5.41, 5.74) is 4.90. The molecular weight excluding hydrogens is 234 g/mol. The number of nitrogens with two attached hydrogens (primary N) is 1.